The van der Waals surface area contributed by atoms with E-state index in [9.17, 15) is 4.39 Å². The number of hydrogen-bond acceptors (Lipinski definition) is 4. The summed E-state index contributed by atoms with van der Waals surface area (Å²) in [6.07, 6.45) is 0. The van der Waals surface area contributed by atoms with Crippen molar-refractivity contribution in [3.63, 3.8) is 0 Å². The van der Waals surface area contributed by atoms with E-state index in [4.69, 9.17) is 16.9 Å². The van der Waals surface area contributed by atoms with Gasteiger partial charge in [-0.2, -0.15) is 5.26 Å². The summed E-state index contributed by atoms with van der Waals surface area (Å²) in [7, 11) is 0. The van der Waals surface area contributed by atoms with E-state index in [-0.39, 0.29) is 11.6 Å². The zero-order valence-corrected chi connectivity index (χ0v) is 9.95. The Bertz CT molecular complexity index is 592. The van der Waals surface area contributed by atoms with Gasteiger partial charge in [0.15, 0.2) is 0 Å². The van der Waals surface area contributed by atoms with E-state index in [1.165, 1.54) is 12.1 Å². The SMILES string of the molecule is N#CCNc1ccc(-c2ccc(F)c(Cl)c2)nn1. The van der Waals surface area contributed by atoms with Crippen LogP contribution in [-0.4, -0.2) is 16.7 Å². The lowest BCUT2D eigenvalue weighted by Gasteiger charge is -2.03. The zero-order valence-electron chi connectivity index (χ0n) is 9.19. The summed E-state index contributed by atoms with van der Waals surface area (Å²) in [5.74, 6) is 0.0363. The summed E-state index contributed by atoms with van der Waals surface area (Å²) in [5.41, 5.74) is 1.26. The molecule has 0 aliphatic heterocycles. The molecule has 1 heterocycles. The number of benzene rings is 1. The quantitative estimate of drug-likeness (QED) is 0.864. The van der Waals surface area contributed by atoms with Gasteiger partial charge in [-0.1, -0.05) is 11.6 Å². The molecule has 0 radical (unpaired) electrons. The second-order valence-electron chi connectivity index (χ2n) is 3.44. The molecule has 0 bridgehead atoms. The van der Waals surface area contributed by atoms with Crippen molar-refractivity contribution < 1.29 is 4.39 Å². The number of nitrogens with one attached hydrogen (secondary N) is 1. The normalized spacial score (nSPS) is 9.83. The molecule has 6 heteroatoms. The summed E-state index contributed by atoms with van der Waals surface area (Å²) in [6.45, 7) is 0.163. The van der Waals surface area contributed by atoms with Crippen molar-refractivity contribution in [3.05, 3.63) is 41.2 Å². The minimum absolute atomic E-state index is 0.0426. The largest absolute Gasteiger partial charge is 0.356 e. The minimum atomic E-state index is -0.472. The monoisotopic (exact) mass is 262 g/mol. The molecule has 90 valence electrons. The maximum Gasteiger partial charge on any atom is 0.149 e. The number of aromatic nitrogens is 2. The van der Waals surface area contributed by atoms with Crippen LogP contribution in [0.25, 0.3) is 11.3 Å². The Hall–Kier alpha value is -2.19. The summed E-state index contributed by atoms with van der Waals surface area (Å²) in [4.78, 5) is 0. The Balaban J connectivity index is 2.23. The van der Waals surface area contributed by atoms with Crippen LogP contribution >= 0.6 is 11.6 Å². The van der Waals surface area contributed by atoms with Gasteiger partial charge < -0.3 is 5.32 Å². The lowest BCUT2D eigenvalue weighted by molar-refractivity contribution is 0.628. The van der Waals surface area contributed by atoms with Crippen molar-refractivity contribution in [1.82, 2.24) is 10.2 Å². The molecule has 0 atom stereocenters. The zero-order chi connectivity index (χ0) is 13.0. The standard InChI is InChI=1S/C12H8ClFN4/c13-9-7-8(1-2-10(9)14)11-3-4-12(18-17-11)16-6-5-15/h1-4,7H,6H2,(H,16,18). The fourth-order valence-corrected chi connectivity index (χ4v) is 1.55. The molecule has 0 aliphatic rings. The molecule has 4 nitrogen and oxygen atoms in total. The third-order valence-electron chi connectivity index (χ3n) is 2.23. The lowest BCUT2D eigenvalue weighted by Crippen LogP contribution is -2.01. The molecule has 0 saturated carbocycles. The van der Waals surface area contributed by atoms with Gasteiger partial charge in [0.25, 0.3) is 0 Å². The summed E-state index contributed by atoms with van der Waals surface area (Å²) in [6, 6.07) is 9.69. The first kappa shape index (κ1) is 12.3. The molecule has 1 aromatic carbocycles. The van der Waals surface area contributed by atoms with Crippen LogP contribution in [-0.2, 0) is 0 Å². The molecule has 0 aliphatic carbocycles. The molecular formula is C12H8ClFN4. The van der Waals surface area contributed by atoms with Gasteiger partial charge in [-0.25, -0.2) is 4.39 Å². The average Bonchev–Trinajstić information content (AvgIpc) is 2.40. The lowest BCUT2D eigenvalue weighted by atomic mass is 10.1. The van der Waals surface area contributed by atoms with Crippen molar-refractivity contribution in [3.8, 4) is 17.3 Å². The van der Waals surface area contributed by atoms with Crippen molar-refractivity contribution in [1.29, 1.82) is 5.26 Å². The van der Waals surface area contributed by atoms with Crippen LogP contribution < -0.4 is 5.32 Å². The summed E-state index contributed by atoms with van der Waals surface area (Å²) in [5, 5.41) is 19.1. The number of nitrogens with zero attached hydrogens (tertiary/aromatic N) is 3. The Morgan fingerprint density at radius 3 is 2.72 bits per heavy atom. The second kappa shape index (κ2) is 5.43. The highest BCUT2D eigenvalue weighted by Gasteiger charge is 2.05. The molecule has 1 N–H and O–H groups in total. The van der Waals surface area contributed by atoms with Crippen LogP contribution in [0.4, 0.5) is 10.2 Å². The molecule has 0 spiro atoms. The van der Waals surface area contributed by atoms with Crippen molar-refractivity contribution in [2.45, 2.75) is 0 Å². The van der Waals surface area contributed by atoms with Crippen molar-refractivity contribution >= 4 is 17.4 Å². The maximum atomic E-state index is 13.0. The molecule has 2 rings (SSSR count). The highest BCUT2D eigenvalue weighted by atomic mass is 35.5. The Kier molecular flexibility index (Phi) is 3.70. The van der Waals surface area contributed by atoms with E-state index < -0.39 is 5.82 Å². The summed E-state index contributed by atoms with van der Waals surface area (Å²) >= 11 is 5.69. The van der Waals surface area contributed by atoms with Crippen LogP contribution in [0.2, 0.25) is 5.02 Å². The first-order valence-electron chi connectivity index (χ1n) is 5.10. The second-order valence-corrected chi connectivity index (χ2v) is 3.85. The number of hydrogen-bond donors (Lipinski definition) is 1. The fraction of sp³-hybridized carbons (Fsp3) is 0.0833. The van der Waals surface area contributed by atoms with Crippen molar-refractivity contribution in [2.75, 3.05) is 11.9 Å². The van der Waals surface area contributed by atoms with Gasteiger partial charge in [0.05, 0.1) is 16.8 Å². The van der Waals surface area contributed by atoms with E-state index in [1.807, 2.05) is 6.07 Å². The number of nitriles is 1. The first-order chi connectivity index (χ1) is 8.70. The van der Waals surface area contributed by atoms with Gasteiger partial charge in [0.2, 0.25) is 0 Å². The molecule has 0 unspecified atom stereocenters. The topological polar surface area (TPSA) is 61.6 Å². The Morgan fingerprint density at radius 2 is 2.11 bits per heavy atom. The Labute approximate surface area is 108 Å². The van der Waals surface area contributed by atoms with Gasteiger partial charge in [-0.15, -0.1) is 10.2 Å². The molecular weight excluding hydrogens is 255 g/mol. The Morgan fingerprint density at radius 1 is 1.28 bits per heavy atom. The molecule has 0 amide bonds. The van der Waals surface area contributed by atoms with E-state index in [1.54, 1.807) is 18.2 Å². The van der Waals surface area contributed by atoms with Gasteiger partial charge in [0.1, 0.15) is 18.2 Å². The van der Waals surface area contributed by atoms with Gasteiger partial charge in [-0.3, -0.25) is 0 Å². The molecule has 0 fully saturated rings. The predicted molar refractivity (Wildman–Crippen MR) is 66.5 cm³/mol. The van der Waals surface area contributed by atoms with E-state index in [0.717, 1.165) is 0 Å². The minimum Gasteiger partial charge on any atom is -0.356 e. The average molecular weight is 263 g/mol. The van der Waals surface area contributed by atoms with Crippen LogP contribution in [0, 0.1) is 17.1 Å². The van der Waals surface area contributed by atoms with Crippen LogP contribution in [0.15, 0.2) is 30.3 Å². The van der Waals surface area contributed by atoms with Gasteiger partial charge >= 0.3 is 0 Å². The van der Waals surface area contributed by atoms with Crippen LogP contribution in [0.3, 0.4) is 0 Å². The van der Waals surface area contributed by atoms with E-state index in [0.29, 0.717) is 17.1 Å². The smallest absolute Gasteiger partial charge is 0.149 e. The number of rotatable bonds is 3. The highest BCUT2D eigenvalue weighted by molar-refractivity contribution is 6.31. The molecule has 18 heavy (non-hydrogen) atoms. The van der Waals surface area contributed by atoms with E-state index >= 15 is 0 Å². The molecule has 0 saturated heterocycles. The van der Waals surface area contributed by atoms with Crippen LogP contribution in [0.1, 0.15) is 0 Å². The molecule has 2 aromatic rings. The van der Waals surface area contributed by atoms with Crippen LogP contribution in [0.5, 0.6) is 0 Å². The van der Waals surface area contributed by atoms with Gasteiger partial charge in [-0.05, 0) is 30.3 Å². The first-order valence-corrected chi connectivity index (χ1v) is 5.48. The number of halogens is 2. The maximum absolute atomic E-state index is 13.0. The van der Waals surface area contributed by atoms with E-state index in [2.05, 4.69) is 15.5 Å². The van der Waals surface area contributed by atoms with Gasteiger partial charge in [0, 0.05) is 5.56 Å². The fourth-order valence-electron chi connectivity index (χ4n) is 1.37. The third kappa shape index (κ3) is 2.73. The van der Waals surface area contributed by atoms with Crippen molar-refractivity contribution in [2.24, 2.45) is 0 Å². The number of anilines is 1. The molecule has 1 aromatic heterocycles. The third-order valence-corrected chi connectivity index (χ3v) is 2.52. The summed E-state index contributed by atoms with van der Waals surface area (Å²) < 4.78 is 13.0. The highest BCUT2D eigenvalue weighted by Crippen LogP contribution is 2.23. The predicted octanol–water partition coefficient (Wildman–Crippen LogP) is 2.87.